The summed E-state index contributed by atoms with van der Waals surface area (Å²) in [5.41, 5.74) is 0.914. The Balaban J connectivity index is 2.74. The van der Waals surface area contributed by atoms with E-state index in [1.165, 1.54) is 0 Å². The molecule has 0 bridgehead atoms. The van der Waals surface area contributed by atoms with E-state index < -0.39 is 0 Å². The first kappa shape index (κ1) is 13.2. The lowest BCUT2D eigenvalue weighted by atomic mass is 10.3. The van der Waals surface area contributed by atoms with Crippen molar-refractivity contribution >= 4 is 17.4 Å². The third-order valence-corrected chi connectivity index (χ3v) is 2.67. The van der Waals surface area contributed by atoms with Gasteiger partial charge in [-0.3, -0.25) is 0 Å². The van der Waals surface area contributed by atoms with Gasteiger partial charge in [-0.05, 0) is 21.0 Å². The highest BCUT2D eigenvalue weighted by Crippen LogP contribution is 2.19. The van der Waals surface area contributed by atoms with Crippen molar-refractivity contribution in [3.05, 3.63) is 16.5 Å². The molecule has 0 atom stereocenters. The Labute approximate surface area is 102 Å². The van der Waals surface area contributed by atoms with Gasteiger partial charge in [0.15, 0.2) is 0 Å². The minimum Gasteiger partial charge on any atom is -0.368 e. The number of nitrogens with zero attached hydrogens (tertiary/aromatic N) is 3. The molecule has 1 rings (SSSR count). The van der Waals surface area contributed by atoms with Gasteiger partial charge in [-0.1, -0.05) is 18.5 Å². The standard InChI is InChI=1S/C11H19ClN4/c1-5-9-14-10(12)8(2)11(15-9)13-6-7-16(3)4/h5-7H2,1-4H3,(H,13,14,15). The Kier molecular flexibility index (Phi) is 4.96. The van der Waals surface area contributed by atoms with Gasteiger partial charge in [-0.2, -0.15) is 0 Å². The summed E-state index contributed by atoms with van der Waals surface area (Å²) in [7, 11) is 4.08. The number of nitrogens with one attached hydrogen (secondary N) is 1. The lowest BCUT2D eigenvalue weighted by Gasteiger charge is -2.13. The number of hydrogen-bond acceptors (Lipinski definition) is 4. The first-order valence-corrected chi connectivity index (χ1v) is 5.84. The van der Waals surface area contributed by atoms with Gasteiger partial charge in [0.05, 0.1) is 0 Å². The molecule has 0 amide bonds. The van der Waals surface area contributed by atoms with E-state index in [4.69, 9.17) is 11.6 Å². The summed E-state index contributed by atoms with van der Waals surface area (Å²) in [6.45, 7) is 5.76. The van der Waals surface area contributed by atoms with Crippen LogP contribution in [0.5, 0.6) is 0 Å². The van der Waals surface area contributed by atoms with Crippen molar-refractivity contribution in [2.24, 2.45) is 0 Å². The molecule has 0 unspecified atom stereocenters. The Morgan fingerprint density at radius 2 is 2.00 bits per heavy atom. The fourth-order valence-corrected chi connectivity index (χ4v) is 1.45. The van der Waals surface area contributed by atoms with Crippen LogP contribution in [0.4, 0.5) is 5.82 Å². The lowest BCUT2D eigenvalue weighted by Crippen LogP contribution is -2.21. The smallest absolute Gasteiger partial charge is 0.137 e. The summed E-state index contributed by atoms with van der Waals surface area (Å²) >= 11 is 6.04. The fraction of sp³-hybridized carbons (Fsp3) is 0.636. The van der Waals surface area contributed by atoms with Crippen LogP contribution >= 0.6 is 11.6 Å². The minimum absolute atomic E-state index is 0.541. The summed E-state index contributed by atoms with van der Waals surface area (Å²) in [5.74, 6) is 1.63. The summed E-state index contributed by atoms with van der Waals surface area (Å²) in [6, 6.07) is 0. The van der Waals surface area contributed by atoms with Crippen LogP contribution in [-0.4, -0.2) is 42.1 Å². The van der Waals surface area contributed by atoms with Crippen molar-refractivity contribution in [3.8, 4) is 0 Å². The highest BCUT2D eigenvalue weighted by Gasteiger charge is 2.07. The first-order valence-electron chi connectivity index (χ1n) is 5.46. The second-order valence-corrected chi connectivity index (χ2v) is 4.35. The Hall–Kier alpha value is -0.870. The molecule has 4 nitrogen and oxygen atoms in total. The van der Waals surface area contributed by atoms with Crippen molar-refractivity contribution in [2.75, 3.05) is 32.5 Å². The SMILES string of the molecule is CCc1nc(Cl)c(C)c(NCCN(C)C)n1. The molecule has 90 valence electrons. The second-order valence-electron chi connectivity index (χ2n) is 3.99. The number of halogens is 1. The number of aryl methyl sites for hydroxylation is 1. The molecule has 0 saturated carbocycles. The van der Waals surface area contributed by atoms with Gasteiger partial charge in [0.2, 0.25) is 0 Å². The van der Waals surface area contributed by atoms with Crippen molar-refractivity contribution in [1.29, 1.82) is 0 Å². The van der Waals surface area contributed by atoms with Gasteiger partial charge in [0, 0.05) is 25.1 Å². The normalized spacial score (nSPS) is 10.9. The van der Waals surface area contributed by atoms with Crippen molar-refractivity contribution in [1.82, 2.24) is 14.9 Å². The molecule has 0 saturated heterocycles. The highest BCUT2D eigenvalue weighted by molar-refractivity contribution is 6.30. The van der Waals surface area contributed by atoms with Gasteiger partial charge >= 0.3 is 0 Å². The molecule has 0 fully saturated rings. The van der Waals surface area contributed by atoms with Gasteiger partial charge in [0.1, 0.15) is 16.8 Å². The molecule has 1 aromatic heterocycles. The first-order chi connectivity index (χ1) is 7.54. The Bertz CT molecular complexity index is 352. The molecule has 5 heteroatoms. The van der Waals surface area contributed by atoms with Crippen LogP contribution in [-0.2, 0) is 6.42 Å². The van der Waals surface area contributed by atoms with Crippen molar-refractivity contribution in [2.45, 2.75) is 20.3 Å². The summed E-state index contributed by atoms with van der Waals surface area (Å²) in [6.07, 6.45) is 0.794. The molecule has 1 N–H and O–H groups in total. The average Bonchev–Trinajstić information content (AvgIpc) is 2.23. The molecule has 0 aromatic carbocycles. The number of hydrogen-bond donors (Lipinski definition) is 1. The van der Waals surface area contributed by atoms with E-state index >= 15 is 0 Å². The average molecular weight is 243 g/mol. The molecule has 0 spiro atoms. The number of anilines is 1. The molecule has 0 aliphatic rings. The molecule has 0 aliphatic carbocycles. The van der Waals surface area contributed by atoms with E-state index in [0.717, 1.165) is 36.7 Å². The van der Waals surface area contributed by atoms with E-state index in [9.17, 15) is 0 Å². The molecule has 1 heterocycles. The Morgan fingerprint density at radius 1 is 1.31 bits per heavy atom. The third kappa shape index (κ3) is 3.61. The van der Waals surface area contributed by atoms with E-state index in [2.05, 4.69) is 20.2 Å². The summed E-state index contributed by atoms with van der Waals surface area (Å²) < 4.78 is 0. The van der Waals surface area contributed by atoms with Crippen LogP contribution in [0.3, 0.4) is 0 Å². The molecule has 1 aromatic rings. The zero-order valence-corrected chi connectivity index (χ0v) is 11.1. The molecule has 0 radical (unpaired) electrons. The largest absolute Gasteiger partial charge is 0.368 e. The van der Waals surface area contributed by atoms with Gasteiger partial charge in [-0.15, -0.1) is 0 Å². The maximum absolute atomic E-state index is 6.04. The zero-order chi connectivity index (χ0) is 12.1. The monoisotopic (exact) mass is 242 g/mol. The summed E-state index contributed by atoms with van der Waals surface area (Å²) in [4.78, 5) is 10.7. The van der Waals surface area contributed by atoms with E-state index in [-0.39, 0.29) is 0 Å². The predicted octanol–water partition coefficient (Wildman–Crippen LogP) is 1.97. The number of aromatic nitrogens is 2. The maximum atomic E-state index is 6.04. The molecular formula is C11H19ClN4. The van der Waals surface area contributed by atoms with Crippen molar-refractivity contribution < 1.29 is 0 Å². The Morgan fingerprint density at radius 3 is 2.56 bits per heavy atom. The molecular weight excluding hydrogens is 224 g/mol. The number of rotatable bonds is 5. The van der Waals surface area contributed by atoms with Crippen LogP contribution in [0.2, 0.25) is 5.15 Å². The van der Waals surface area contributed by atoms with Crippen LogP contribution < -0.4 is 5.32 Å². The quantitative estimate of drug-likeness (QED) is 0.802. The zero-order valence-electron chi connectivity index (χ0n) is 10.3. The van der Waals surface area contributed by atoms with Gasteiger partial charge in [-0.25, -0.2) is 9.97 Å². The third-order valence-electron chi connectivity index (χ3n) is 2.30. The van der Waals surface area contributed by atoms with Crippen LogP contribution in [0.1, 0.15) is 18.3 Å². The topological polar surface area (TPSA) is 41.1 Å². The van der Waals surface area contributed by atoms with Crippen LogP contribution in [0.25, 0.3) is 0 Å². The maximum Gasteiger partial charge on any atom is 0.137 e. The van der Waals surface area contributed by atoms with E-state index in [0.29, 0.717) is 5.15 Å². The lowest BCUT2D eigenvalue weighted by molar-refractivity contribution is 0.425. The highest BCUT2D eigenvalue weighted by atomic mass is 35.5. The van der Waals surface area contributed by atoms with E-state index in [1.807, 2.05) is 27.9 Å². The fourth-order valence-electron chi connectivity index (χ4n) is 1.26. The second kappa shape index (κ2) is 6.01. The van der Waals surface area contributed by atoms with Crippen LogP contribution in [0.15, 0.2) is 0 Å². The van der Waals surface area contributed by atoms with Crippen molar-refractivity contribution in [3.63, 3.8) is 0 Å². The van der Waals surface area contributed by atoms with Gasteiger partial charge in [0.25, 0.3) is 0 Å². The van der Waals surface area contributed by atoms with Gasteiger partial charge < -0.3 is 10.2 Å². The van der Waals surface area contributed by atoms with E-state index in [1.54, 1.807) is 0 Å². The summed E-state index contributed by atoms with van der Waals surface area (Å²) in [5, 5.41) is 3.82. The number of likely N-dealkylation sites (N-methyl/N-ethyl adjacent to an activating group) is 1. The predicted molar refractivity (Wildman–Crippen MR) is 68.2 cm³/mol. The van der Waals surface area contributed by atoms with Crippen LogP contribution in [0, 0.1) is 6.92 Å². The minimum atomic E-state index is 0.541. The molecule has 16 heavy (non-hydrogen) atoms. The molecule has 0 aliphatic heterocycles.